The highest BCUT2D eigenvalue weighted by molar-refractivity contribution is 6.79. The van der Waals surface area contributed by atoms with Crippen molar-refractivity contribution in [2.75, 3.05) is 0 Å². The van der Waals surface area contributed by atoms with E-state index in [1.807, 2.05) is 0 Å². The van der Waals surface area contributed by atoms with E-state index in [0.717, 1.165) is 11.8 Å². The minimum absolute atomic E-state index is 0.0705. The normalized spacial score (nSPS) is 38.5. The van der Waals surface area contributed by atoms with Crippen molar-refractivity contribution in [2.24, 2.45) is 22.9 Å². The lowest BCUT2D eigenvalue weighted by molar-refractivity contribution is -0.0202. The lowest BCUT2D eigenvalue weighted by Gasteiger charge is -2.45. The van der Waals surface area contributed by atoms with Crippen LogP contribution in [0.1, 0.15) is 24.8 Å². The van der Waals surface area contributed by atoms with Crippen LogP contribution < -0.4 is 0 Å². The van der Waals surface area contributed by atoms with Crippen LogP contribution in [0.25, 0.3) is 0 Å². The molecule has 2 bridgehead atoms. The lowest BCUT2D eigenvalue weighted by atomic mass is 9.80. The van der Waals surface area contributed by atoms with E-state index in [4.69, 9.17) is 4.84 Å². The summed E-state index contributed by atoms with van der Waals surface area (Å²) in [4.78, 5) is 6.28. The van der Waals surface area contributed by atoms with E-state index in [1.165, 1.54) is 30.5 Å². The second kappa shape index (κ2) is 3.97. The summed E-state index contributed by atoms with van der Waals surface area (Å²) in [7, 11) is -1.44. The highest BCUT2D eigenvalue weighted by Gasteiger charge is 2.69. The van der Waals surface area contributed by atoms with Crippen LogP contribution in [0.4, 0.5) is 0 Å². The van der Waals surface area contributed by atoms with Crippen molar-refractivity contribution >= 4 is 13.8 Å². The van der Waals surface area contributed by atoms with Crippen LogP contribution in [0.5, 0.6) is 0 Å². The maximum Gasteiger partial charge on any atom is 0.135 e. The van der Waals surface area contributed by atoms with Gasteiger partial charge in [0.15, 0.2) is 0 Å². The summed E-state index contributed by atoms with van der Waals surface area (Å²) in [5.74, 6) is 2.10. The van der Waals surface area contributed by atoms with Crippen LogP contribution in [0, 0.1) is 17.8 Å². The summed E-state index contributed by atoms with van der Waals surface area (Å²) >= 11 is 0. The molecule has 2 saturated carbocycles. The SMILES string of the molecule is C[Si](C)(C)[C@]12ON=C(c3ccccc3)[C@H]1[C@@H]1CC[C@H]2C1. The molecule has 0 radical (unpaired) electrons. The number of hydrogen-bond donors (Lipinski definition) is 0. The first-order chi connectivity index (χ1) is 9.54. The molecule has 4 rings (SSSR count). The third-order valence-corrected chi connectivity index (χ3v) is 9.00. The van der Waals surface area contributed by atoms with Crippen LogP contribution >= 0.6 is 0 Å². The third kappa shape index (κ3) is 1.42. The molecule has 0 unspecified atom stereocenters. The Bertz CT molecular complexity index is 562. The molecule has 1 aromatic carbocycles. The first-order valence-corrected chi connectivity index (χ1v) is 11.4. The van der Waals surface area contributed by atoms with Gasteiger partial charge in [0.2, 0.25) is 0 Å². The van der Waals surface area contributed by atoms with Crippen molar-refractivity contribution in [3.8, 4) is 0 Å². The van der Waals surface area contributed by atoms with E-state index in [1.54, 1.807) is 0 Å². The minimum atomic E-state index is -1.44. The Morgan fingerprint density at radius 3 is 2.60 bits per heavy atom. The zero-order chi connectivity index (χ0) is 14.0. The third-order valence-electron chi connectivity index (χ3n) is 5.84. The van der Waals surface area contributed by atoms with E-state index >= 15 is 0 Å². The zero-order valence-corrected chi connectivity index (χ0v) is 13.6. The predicted octanol–water partition coefficient (Wildman–Crippen LogP) is 4.08. The Kier molecular flexibility index (Phi) is 2.51. The average molecular weight is 285 g/mol. The maximum atomic E-state index is 6.28. The fraction of sp³-hybridized carbons (Fsp3) is 0.588. The molecule has 3 heteroatoms. The minimum Gasteiger partial charge on any atom is -0.392 e. The molecule has 1 aromatic rings. The monoisotopic (exact) mass is 285 g/mol. The maximum absolute atomic E-state index is 6.28. The van der Waals surface area contributed by atoms with Gasteiger partial charge in [-0.2, -0.15) is 0 Å². The standard InChI is InChI=1S/C17H23NOSi/c1-20(2,3)17-14-10-9-13(11-14)15(17)16(18-19-17)12-7-5-4-6-8-12/h4-8,13-15H,9-11H2,1-3H3/t13-,14+,15-,17+/m1/s1. The molecular weight excluding hydrogens is 262 g/mol. The van der Waals surface area contributed by atoms with Crippen LogP contribution in [0.15, 0.2) is 35.5 Å². The van der Waals surface area contributed by atoms with Gasteiger partial charge in [0.1, 0.15) is 13.3 Å². The van der Waals surface area contributed by atoms with Crippen molar-refractivity contribution in [2.45, 2.75) is 44.1 Å². The second-order valence-corrected chi connectivity index (χ2v) is 13.0. The number of rotatable bonds is 2. The molecule has 20 heavy (non-hydrogen) atoms. The van der Waals surface area contributed by atoms with Crippen LogP contribution in [0.2, 0.25) is 19.6 Å². The van der Waals surface area contributed by atoms with Crippen LogP contribution in [-0.4, -0.2) is 19.0 Å². The Hall–Kier alpha value is -1.09. The van der Waals surface area contributed by atoms with Crippen molar-refractivity contribution in [1.29, 1.82) is 0 Å². The van der Waals surface area contributed by atoms with Gasteiger partial charge in [-0.1, -0.05) is 55.1 Å². The molecule has 0 saturated heterocycles. The van der Waals surface area contributed by atoms with Gasteiger partial charge >= 0.3 is 0 Å². The highest BCUT2D eigenvalue weighted by atomic mass is 28.3. The first kappa shape index (κ1) is 12.6. The molecule has 1 heterocycles. The smallest absolute Gasteiger partial charge is 0.135 e. The summed E-state index contributed by atoms with van der Waals surface area (Å²) in [6.45, 7) is 7.39. The summed E-state index contributed by atoms with van der Waals surface area (Å²) in [6, 6.07) is 10.7. The predicted molar refractivity (Wildman–Crippen MR) is 84.5 cm³/mol. The Morgan fingerprint density at radius 1 is 1.15 bits per heavy atom. The zero-order valence-electron chi connectivity index (χ0n) is 12.6. The fourth-order valence-electron chi connectivity index (χ4n) is 5.11. The molecule has 0 N–H and O–H groups in total. The summed E-state index contributed by atoms with van der Waals surface area (Å²) in [6.07, 6.45) is 4.08. The topological polar surface area (TPSA) is 21.6 Å². The van der Waals surface area contributed by atoms with Crippen LogP contribution in [0.3, 0.4) is 0 Å². The van der Waals surface area contributed by atoms with Gasteiger partial charge in [0, 0.05) is 5.92 Å². The first-order valence-electron chi connectivity index (χ1n) is 7.85. The van der Waals surface area contributed by atoms with Gasteiger partial charge in [-0.05, 0) is 36.7 Å². The van der Waals surface area contributed by atoms with Crippen molar-refractivity contribution < 1.29 is 4.84 Å². The summed E-state index contributed by atoms with van der Waals surface area (Å²) < 4.78 is 0. The van der Waals surface area contributed by atoms with Crippen molar-refractivity contribution in [3.63, 3.8) is 0 Å². The van der Waals surface area contributed by atoms with Gasteiger partial charge in [-0.3, -0.25) is 0 Å². The molecule has 0 spiro atoms. The molecule has 106 valence electrons. The fourth-order valence-corrected chi connectivity index (χ4v) is 8.22. The second-order valence-electron chi connectivity index (χ2n) is 7.72. The Balaban J connectivity index is 1.81. The number of nitrogens with zero attached hydrogens (tertiary/aromatic N) is 1. The molecule has 4 atom stereocenters. The van der Waals surface area contributed by atoms with Gasteiger partial charge in [-0.25, -0.2) is 0 Å². The number of hydrogen-bond acceptors (Lipinski definition) is 2. The van der Waals surface area contributed by atoms with Gasteiger partial charge in [0.05, 0.1) is 5.71 Å². The van der Waals surface area contributed by atoms with E-state index in [-0.39, 0.29) is 5.22 Å². The number of oxime groups is 1. The number of fused-ring (bicyclic) bond motifs is 5. The molecular formula is C17H23NOSi. The van der Waals surface area contributed by atoms with Crippen molar-refractivity contribution in [1.82, 2.24) is 0 Å². The largest absolute Gasteiger partial charge is 0.392 e. The molecule has 0 aromatic heterocycles. The molecule has 1 aliphatic heterocycles. The Labute approximate surface area is 122 Å². The molecule has 3 aliphatic rings. The average Bonchev–Trinajstić information content (AvgIpc) is 3.10. The summed E-state index contributed by atoms with van der Waals surface area (Å²) in [5, 5.41) is 4.69. The Morgan fingerprint density at radius 2 is 1.90 bits per heavy atom. The van der Waals surface area contributed by atoms with Gasteiger partial charge in [-0.15, -0.1) is 0 Å². The molecule has 2 aliphatic carbocycles. The lowest BCUT2D eigenvalue weighted by Crippen LogP contribution is -2.60. The molecule has 2 fully saturated rings. The quantitative estimate of drug-likeness (QED) is 0.750. The molecule has 0 amide bonds. The van der Waals surface area contributed by atoms with E-state index < -0.39 is 8.07 Å². The van der Waals surface area contributed by atoms with E-state index in [0.29, 0.717) is 5.92 Å². The van der Waals surface area contributed by atoms with Gasteiger partial charge in [0.25, 0.3) is 0 Å². The van der Waals surface area contributed by atoms with E-state index in [9.17, 15) is 0 Å². The van der Waals surface area contributed by atoms with Gasteiger partial charge < -0.3 is 4.84 Å². The molecule has 2 nitrogen and oxygen atoms in total. The number of benzene rings is 1. The summed E-state index contributed by atoms with van der Waals surface area (Å²) in [5.41, 5.74) is 2.51. The van der Waals surface area contributed by atoms with E-state index in [2.05, 4.69) is 55.1 Å². The highest BCUT2D eigenvalue weighted by Crippen LogP contribution is 2.62. The van der Waals surface area contributed by atoms with Crippen LogP contribution in [-0.2, 0) is 4.84 Å². The van der Waals surface area contributed by atoms with Crippen molar-refractivity contribution in [3.05, 3.63) is 35.9 Å².